The van der Waals surface area contributed by atoms with E-state index in [1.807, 2.05) is 0 Å². The summed E-state index contributed by atoms with van der Waals surface area (Å²) in [6, 6.07) is 7.48. The van der Waals surface area contributed by atoms with Crippen LogP contribution in [0.25, 0.3) is 0 Å². The summed E-state index contributed by atoms with van der Waals surface area (Å²) in [7, 11) is 2.82. The summed E-state index contributed by atoms with van der Waals surface area (Å²) < 4.78 is 11.0. The molecule has 0 saturated carbocycles. The number of benzene rings is 2. The number of methoxy groups -OCH3 is 2. The van der Waals surface area contributed by atoms with Crippen molar-refractivity contribution in [1.82, 2.24) is 0 Å². The average molecular weight is 415 g/mol. The van der Waals surface area contributed by atoms with Crippen LogP contribution in [0, 0.1) is 0 Å². The highest BCUT2D eigenvalue weighted by Gasteiger charge is 2.19. The number of aromatic carboxylic acids is 1. The van der Waals surface area contributed by atoms with Crippen molar-refractivity contribution in [2.45, 2.75) is 0 Å². The standard InChI is InChI=1S/C16H13BrClNO5/c1-23-13-4-3-9(17)7-10(13)15(20)19-12-6-8(16(21)22)5-11(18)14(12)24-2/h3-7H,1-2H3,(H,19,20)(H,21,22). The van der Waals surface area contributed by atoms with E-state index < -0.39 is 11.9 Å². The number of hydrogen-bond donors (Lipinski definition) is 2. The third-order valence-corrected chi connectivity index (χ3v) is 3.92. The Kier molecular flexibility index (Phi) is 5.69. The minimum absolute atomic E-state index is 0.0719. The van der Waals surface area contributed by atoms with Crippen molar-refractivity contribution in [2.24, 2.45) is 0 Å². The first-order valence-corrected chi connectivity index (χ1v) is 7.80. The van der Waals surface area contributed by atoms with Gasteiger partial charge in [-0.05, 0) is 30.3 Å². The van der Waals surface area contributed by atoms with Gasteiger partial charge in [-0.15, -0.1) is 0 Å². The van der Waals surface area contributed by atoms with E-state index in [1.54, 1.807) is 18.2 Å². The van der Waals surface area contributed by atoms with Crippen LogP contribution >= 0.6 is 27.5 Å². The molecule has 0 unspecified atom stereocenters. The Labute approximate surface area is 151 Å². The lowest BCUT2D eigenvalue weighted by molar-refractivity contribution is 0.0696. The number of nitrogens with one attached hydrogen (secondary N) is 1. The summed E-state index contributed by atoms with van der Waals surface area (Å²) >= 11 is 9.31. The van der Waals surface area contributed by atoms with Crippen molar-refractivity contribution in [1.29, 1.82) is 0 Å². The third-order valence-electron chi connectivity index (χ3n) is 3.15. The molecule has 126 valence electrons. The number of hydrogen-bond acceptors (Lipinski definition) is 4. The summed E-state index contributed by atoms with van der Waals surface area (Å²) in [4.78, 5) is 23.7. The molecular formula is C16H13BrClNO5. The Morgan fingerprint density at radius 1 is 1.17 bits per heavy atom. The molecule has 2 aromatic rings. The molecule has 0 bridgehead atoms. The Balaban J connectivity index is 2.45. The van der Waals surface area contributed by atoms with Gasteiger partial charge >= 0.3 is 5.97 Å². The van der Waals surface area contributed by atoms with E-state index in [2.05, 4.69) is 21.2 Å². The highest BCUT2D eigenvalue weighted by Crippen LogP contribution is 2.35. The van der Waals surface area contributed by atoms with Crippen LogP contribution in [0.5, 0.6) is 11.5 Å². The normalized spacial score (nSPS) is 10.2. The van der Waals surface area contributed by atoms with Gasteiger partial charge in [0.15, 0.2) is 5.75 Å². The van der Waals surface area contributed by atoms with Gasteiger partial charge in [0.2, 0.25) is 0 Å². The lowest BCUT2D eigenvalue weighted by atomic mass is 10.1. The zero-order chi connectivity index (χ0) is 17.9. The first-order chi connectivity index (χ1) is 11.4. The highest BCUT2D eigenvalue weighted by molar-refractivity contribution is 9.10. The fraction of sp³-hybridized carbons (Fsp3) is 0.125. The molecular weight excluding hydrogens is 402 g/mol. The van der Waals surface area contributed by atoms with E-state index in [-0.39, 0.29) is 27.6 Å². The third kappa shape index (κ3) is 3.80. The number of amides is 1. The van der Waals surface area contributed by atoms with Crippen molar-refractivity contribution in [3.63, 3.8) is 0 Å². The first-order valence-electron chi connectivity index (χ1n) is 6.63. The molecule has 0 heterocycles. The van der Waals surface area contributed by atoms with Crippen molar-refractivity contribution in [3.8, 4) is 11.5 Å². The van der Waals surface area contributed by atoms with Crippen molar-refractivity contribution >= 4 is 45.1 Å². The average Bonchev–Trinajstić information content (AvgIpc) is 2.54. The molecule has 0 radical (unpaired) electrons. The van der Waals surface area contributed by atoms with Gasteiger partial charge in [0.25, 0.3) is 5.91 Å². The van der Waals surface area contributed by atoms with Crippen LogP contribution in [0.3, 0.4) is 0 Å². The van der Waals surface area contributed by atoms with Crippen LogP contribution in [0.15, 0.2) is 34.8 Å². The number of ether oxygens (including phenoxy) is 2. The van der Waals surface area contributed by atoms with Gasteiger partial charge in [-0.25, -0.2) is 4.79 Å². The molecule has 0 aliphatic heterocycles. The number of rotatable bonds is 5. The SMILES string of the molecule is COc1ccc(Br)cc1C(=O)Nc1cc(C(=O)O)cc(Cl)c1OC. The minimum atomic E-state index is -1.17. The molecule has 6 nitrogen and oxygen atoms in total. The number of carboxylic acids is 1. The molecule has 2 aromatic carbocycles. The maximum atomic E-state index is 12.5. The van der Waals surface area contributed by atoms with E-state index >= 15 is 0 Å². The van der Waals surface area contributed by atoms with Gasteiger partial charge in [-0.2, -0.15) is 0 Å². The minimum Gasteiger partial charge on any atom is -0.496 e. The Morgan fingerprint density at radius 3 is 2.46 bits per heavy atom. The smallest absolute Gasteiger partial charge is 0.335 e. The summed E-state index contributed by atoms with van der Waals surface area (Å²) in [6.45, 7) is 0. The van der Waals surface area contributed by atoms with Crippen LogP contribution in [0.4, 0.5) is 5.69 Å². The monoisotopic (exact) mass is 413 g/mol. The Morgan fingerprint density at radius 2 is 1.88 bits per heavy atom. The van der Waals surface area contributed by atoms with Gasteiger partial charge < -0.3 is 19.9 Å². The quantitative estimate of drug-likeness (QED) is 0.770. The Hall–Kier alpha value is -2.25. The second-order valence-corrected chi connectivity index (χ2v) is 5.97. The number of carbonyl (C=O) groups is 2. The summed E-state index contributed by atoms with van der Waals surface area (Å²) in [5.41, 5.74) is 0.345. The molecule has 0 atom stereocenters. The van der Waals surface area contributed by atoms with Crippen LogP contribution in [0.2, 0.25) is 5.02 Å². The number of anilines is 1. The second kappa shape index (κ2) is 7.55. The topological polar surface area (TPSA) is 84.9 Å². The van der Waals surface area contributed by atoms with E-state index in [4.69, 9.17) is 26.2 Å². The summed E-state index contributed by atoms with van der Waals surface area (Å²) in [6.07, 6.45) is 0. The van der Waals surface area contributed by atoms with E-state index in [9.17, 15) is 9.59 Å². The van der Waals surface area contributed by atoms with Gasteiger partial charge in [0.05, 0.1) is 36.1 Å². The first kappa shape index (κ1) is 18.1. The second-order valence-electron chi connectivity index (χ2n) is 4.64. The largest absolute Gasteiger partial charge is 0.496 e. The lowest BCUT2D eigenvalue weighted by Gasteiger charge is -2.14. The van der Waals surface area contributed by atoms with E-state index in [0.29, 0.717) is 10.2 Å². The fourth-order valence-corrected chi connectivity index (χ4v) is 2.72. The molecule has 8 heteroatoms. The van der Waals surface area contributed by atoms with Crippen molar-refractivity contribution < 1.29 is 24.2 Å². The summed E-state index contributed by atoms with van der Waals surface area (Å²) in [5, 5.41) is 11.8. The zero-order valence-electron chi connectivity index (χ0n) is 12.7. The van der Waals surface area contributed by atoms with Crippen molar-refractivity contribution in [2.75, 3.05) is 19.5 Å². The molecule has 2 rings (SSSR count). The Bertz CT molecular complexity index is 809. The van der Waals surface area contributed by atoms with Gasteiger partial charge in [-0.1, -0.05) is 27.5 Å². The highest BCUT2D eigenvalue weighted by atomic mass is 79.9. The lowest BCUT2D eigenvalue weighted by Crippen LogP contribution is -2.14. The number of carboxylic acid groups (broad SMARTS) is 1. The molecule has 0 saturated heterocycles. The van der Waals surface area contributed by atoms with E-state index in [0.717, 1.165) is 0 Å². The number of halogens is 2. The molecule has 2 N–H and O–H groups in total. The maximum absolute atomic E-state index is 12.5. The zero-order valence-corrected chi connectivity index (χ0v) is 15.1. The maximum Gasteiger partial charge on any atom is 0.335 e. The van der Waals surface area contributed by atoms with Crippen LogP contribution in [0.1, 0.15) is 20.7 Å². The molecule has 0 aliphatic carbocycles. The number of carbonyl (C=O) groups excluding carboxylic acids is 1. The predicted octanol–water partition coefficient (Wildman–Crippen LogP) is 4.07. The van der Waals surface area contributed by atoms with Gasteiger partial charge in [0, 0.05) is 4.47 Å². The van der Waals surface area contributed by atoms with Crippen LogP contribution in [-0.4, -0.2) is 31.2 Å². The van der Waals surface area contributed by atoms with Crippen LogP contribution in [-0.2, 0) is 0 Å². The fourth-order valence-electron chi connectivity index (χ4n) is 2.06. The van der Waals surface area contributed by atoms with Gasteiger partial charge in [0.1, 0.15) is 5.75 Å². The predicted molar refractivity (Wildman–Crippen MR) is 93.6 cm³/mol. The molecule has 1 amide bonds. The molecule has 0 fully saturated rings. The molecule has 24 heavy (non-hydrogen) atoms. The van der Waals surface area contributed by atoms with E-state index in [1.165, 1.54) is 26.4 Å². The van der Waals surface area contributed by atoms with Gasteiger partial charge in [-0.3, -0.25) is 4.79 Å². The summed E-state index contributed by atoms with van der Waals surface area (Å²) in [5.74, 6) is -1.13. The molecule has 0 spiro atoms. The van der Waals surface area contributed by atoms with Crippen LogP contribution < -0.4 is 14.8 Å². The molecule has 0 aromatic heterocycles. The van der Waals surface area contributed by atoms with Crippen molar-refractivity contribution in [3.05, 3.63) is 51.0 Å². The molecule has 0 aliphatic rings.